The molecule has 1 fully saturated rings. The van der Waals surface area contributed by atoms with Gasteiger partial charge in [0.05, 0.1) is 30.5 Å². The fourth-order valence-corrected chi connectivity index (χ4v) is 3.71. The molecule has 5 amide bonds. The molecular formula is C20H23FN4O5. The summed E-state index contributed by atoms with van der Waals surface area (Å²) < 4.78 is 18.4. The Labute approximate surface area is 172 Å². The van der Waals surface area contributed by atoms with Crippen LogP contribution < -0.4 is 16.0 Å². The number of imide groups is 1. The molecular weight excluding hydrogens is 395 g/mol. The first-order chi connectivity index (χ1) is 14.2. The van der Waals surface area contributed by atoms with Crippen molar-refractivity contribution in [3.05, 3.63) is 46.9 Å². The van der Waals surface area contributed by atoms with E-state index in [-0.39, 0.29) is 30.8 Å². The van der Waals surface area contributed by atoms with Gasteiger partial charge in [0.2, 0.25) is 0 Å². The van der Waals surface area contributed by atoms with Crippen LogP contribution in [0.2, 0.25) is 0 Å². The summed E-state index contributed by atoms with van der Waals surface area (Å²) in [5.41, 5.74) is -0.681. The second-order valence-corrected chi connectivity index (χ2v) is 7.02. The largest absolute Gasteiger partial charge is 0.463 e. The van der Waals surface area contributed by atoms with Crippen LogP contribution in [0.3, 0.4) is 0 Å². The van der Waals surface area contributed by atoms with Crippen LogP contribution in [-0.4, -0.2) is 48.0 Å². The molecule has 160 valence electrons. The lowest BCUT2D eigenvalue weighted by atomic mass is 9.87. The predicted molar refractivity (Wildman–Crippen MR) is 103 cm³/mol. The molecule has 0 aliphatic carbocycles. The fourth-order valence-electron chi connectivity index (χ4n) is 3.71. The number of halogens is 1. The minimum atomic E-state index is -1.36. The van der Waals surface area contributed by atoms with Crippen LogP contribution in [0.4, 0.5) is 14.0 Å². The number of carbonyl (C=O) groups is 4. The van der Waals surface area contributed by atoms with E-state index in [0.29, 0.717) is 5.56 Å². The summed E-state index contributed by atoms with van der Waals surface area (Å²) in [6.45, 7) is 4.78. The average molecular weight is 418 g/mol. The number of carbonyl (C=O) groups excluding carboxylic acids is 4. The number of nitrogens with one attached hydrogen (secondary N) is 3. The van der Waals surface area contributed by atoms with E-state index in [4.69, 9.17) is 4.74 Å². The lowest BCUT2D eigenvalue weighted by Gasteiger charge is -2.29. The van der Waals surface area contributed by atoms with E-state index < -0.39 is 41.3 Å². The fraction of sp³-hybridized carbons (Fsp3) is 0.400. The van der Waals surface area contributed by atoms with Gasteiger partial charge in [-0.1, -0.05) is 19.1 Å². The van der Waals surface area contributed by atoms with Gasteiger partial charge in [0.15, 0.2) is 0 Å². The highest BCUT2D eigenvalue weighted by Gasteiger charge is 2.51. The smallest absolute Gasteiger partial charge is 0.337 e. The van der Waals surface area contributed by atoms with Crippen molar-refractivity contribution in [1.82, 2.24) is 20.9 Å². The van der Waals surface area contributed by atoms with E-state index in [1.165, 1.54) is 24.3 Å². The topological polar surface area (TPSA) is 117 Å². The third-order valence-corrected chi connectivity index (χ3v) is 5.22. The molecule has 1 aromatic rings. The highest BCUT2D eigenvalue weighted by atomic mass is 19.1. The standard InChI is InChI=1S/C20H23FN4O5/c1-4-20(12-6-8-13(21)9-7-12)17(27)25(19(29)24-20)10-14-15(16(26)30-5-2)11(3)22-18(28)23-14/h6-9,11H,4-5,10H2,1-3H3,(H,24,29)(H2,22,23,28)/t11-,20+/m0/s1. The van der Waals surface area contributed by atoms with Gasteiger partial charge in [-0.05, 0) is 38.0 Å². The van der Waals surface area contributed by atoms with Crippen LogP contribution >= 0.6 is 0 Å². The normalized spacial score (nSPS) is 23.8. The van der Waals surface area contributed by atoms with Crippen molar-refractivity contribution in [2.45, 2.75) is 38.8 Å². The van der Waals surface area contributed by atoms with Crippen molar-refractivity contribution >= 4 is 23.9 Å². The summed E-state index contributed by atoms with van der Waals surface area (Å²) in [5.74, 6) is -1.67. The van der Waals surface area contributed by atoms with Crippen LogP contribution in [0.5, 0.6) is 0 Å². The SMILES string of the molecule is CCOC(=O)C1=C(CN2C(=O)N[C@](CC)(c3ccc(F)cc3)C2=O)NC(=O)N[C@H]1C. The van der Waals surface area contributed by atoms with Crippen molar-refractivity contribution in [2.24, 2.45) is 0 Å². The van der Waals surface area contributed by atoms with Gasteiger partial charge in [-0.2, -0.15) is 0 Å². The van der Waals surface area contributed by atoms with Crippen molar-refractivity contribution < 1.29 is 28.3 Å². The monoisotopic (exact) mass is 418 g/mol. The number of rotatable bonds is 6. The number of hydrogen-bond acceptors (Lipinski definition) is 5. The number of nitrogens with zero attached hydrogens (tertiary/aromatic N) is 1. The van der Waals surface area contributed by atoms with Gasteiger partial charge < -0.3 is 20.7 Å². The van der Waals surface area contributed by atoms with Crippen LogP contribution in [0, 0.1) is 5.82 Å². The molecule has 0 bridgehead atoms. The third-order valence-electron chi connectivity index (χ3n) is 5.22. The highest BCUT2D eigenvalue weighted by molar-refractivity contribution is 6.08. The van der Waals surface area contributed by atoms with Crippen LogP contribution in [0.15, 0.2) is 35.5 Å². The first-order valence-corrected chi connectivity index (χ1v) is 9.61. The molecule has 9 nitrogen and oxygen atoms in total. The molecule has 30 heavy (non-hydrogen) atoms. The minimum absolute atomic E-state index is 0.110. The molecule has 2 atom stereocenters. The van der Waals surface area contributed by atoms with E-state index in [1.54, 1.807) is 20.8 Å². The Hall–Kier alpha value is -3.43. The summed E-state index contributed by atoms with van der Waals surface area (Å²) in [4.78, 5) is 51.2. The second kappa shape index (κ2) is 8.13. The van der Waals surface area contributed by atoms with Crippen LogP contribution in [0.25, 0.3) is 0 Å². The molecule has 2 heterocycles. The maximum atomic E-state index is 13.3. The van der Waals surface area contributed by atoms with Gasteiger partial charge in [0, 0.05) is 0 Å². The molecule has 2 aliphatic heterocycles. The zero-order chi connectivity index (χ0) is 22.1. The van der Waals surface area contributed by atoms with Crippen LogP contribution in [-0.2, 0) is 19.9 Å². The lowest BCUT2D eigenvalue weighted by Crippen LogP contribution is -2.52. The first kappa shape index (κ1) is 21.3. The first-order valence-electron chi connectivity index (χ1n) is 9.61. The minimum Gasteiger partial charge on any atom is -0.463 e. The molecule has 1 aromatic carbocycles. The quantitative estimate of drug-likeness (QED) is 0.478. The Bertz CT molecular complexity index is 930. The molecule has 0 radical (unpaired) electrons. The van der Waals surface area contributed by atoms with Crippen molar-refractivity contribution in [3.8, 4) is 0 Å². The number of urea groups is 2. The third kappa shape index (κ3) is 3.60. The molecule has 10 heteroatoms. The van der Waals surface area contributed by atoms with Gasteiger partial charge in [0.25, 0.3) is 5.91 Å². The molecule has 0 saturated carbocycles. The van der Waals surface area contributed by atoms with E-state index in [1.807, 2.05) is 0 Å². The van der Waals surface area contributed by atoms with E-state index in [9.17, 15) is 23.6 Å². The number of hydrogen-bond donors (Lipinski definition) is 3. The Kier molecular flexibility index (Phi) is 5.77. The zero-order valence-corrected chi connectivity index (χ0v) is 16.9. The van der Waals surface area contributed by atoms with Gasteiger partial charge in [0.1, 0.15) is 11.4 Å². The average Bonchev–Trinajstić information content (AvgIpc) is 2.93. The summed E-state index contributed by atoms with van der Waals surface area (Å²) in [5, 5.41) is 7.74. The highest BCUT2D eigenvalue weighted by Crippen LogP contribution is 2.33. The number of esters is 1. The number of ether oxygens (including phenoxy) is 1. The lowest BCUT2D eigenvalue weighted by molar-refractivity contribution is -0.139. The Morgan fingerprint density at radius 1 is 1.20 bits per heavy atom. The second-order valence-electron chi connectivity index (χ2n) is 7.02. The van der Waals surface area contributed by atoms with Gasteiger partial charge >= 0.3 is 18.0 Å². The van der Waals surface area contributed by atoms with Crippen LogP contribution in [0.1, 0.15) is 32.8 Å². The molecule has 0 spiro atoms. The molecule has 0 aromatic heterocycles. The van der Waals surface area contributed by atoms with Gasteiger partial charge in [-0.15, -0.1) is 0 Å². The Morgan fingerprint density at radius 3 is 2.47 bits per heavy atom. The molecule has 0 unspecified atom stereocenters. The molecule has 1 saturated heterocycles. The van der Waals surface area contributed by atoms with Crippen molar-refractivity contribution in [3.63, 3.8) is 0 Å². The molecule has 3 rings (SSSR count). The Morgan fingerprint density at radius 2 is 1.87 bits per heavy atom. The van der Waals surface area contributed by atoms with Gasteiger partial charge in [-0.25, -0.2) is 18.8 Å². The predicted octanol–water partition coefficient (Wildman–Crippen LogP) is 1.50. The number of benzene rings is 1. The van der Waals surface area contributed by atoms with Crippen molar-refractivity contribution in [2.75, 3.05) is 13.2 Å². The van der Waals surface area contributed by atoms with E-state index in [0.717, 1.165) is 4.90 Å². The number of amides is 5. The van der Waals surface area contributed by atoms with E-state index >= 15 is 0 Å². The van der Waals surface area contributed by atoms with Gasteiger partial charge in [-0.3, -0.25) is 9.69 Å². The van der Waals surface area contributed by atoms with E-state index in [2.05, 4.69) is 16.0 Å². The summed E-state index contributed by atoms with van der Waals surface area (Å²) in [6.07, 6.45) is 0.230. The Balaban J connectivity index is 1.97. The summed E-state index contributed by atoms with van der Waals surface area (Å²) in [7, 11) is 0. The zero-order valence-electron chi connectivity index (χ0n) is 16.9. The maximum Gasteiger partial charge on any atom is 0.337 e. The summed E-state index contributed by atoms with van der Waals surface area (Å²) in [6, 6.07) is 3.41. The molecule has 3 N–H and O–H groups in total. The molecule has 2 aliphatic rings. The summed E-state index contributed by atoms with van der Waals surface area (Å²) >= 11 is 0. The van der Waals surface area contributed by atoms with Crippen molar-refractivity contribution in [1.29, 1.82) is 0 Å². The maximum absolute atomic E-state index is 13.3.